The number of rotatable bonds is 2. The molecule has 0 radical (unpaired) electrons. The van der Waals surface area contributed by atoms with E-state index in [0.29, 0.717) is 24.5 Å². The van der Waals surface area contributed by atoms with Gasteiger partial charge in [-0.05, 0) is 40.7 Å². The zero-order valence-electron chi connectivity index (χ0n) is 13.1. The van der Waals surface area contributed by atoms with Crippen molar-refractivity contribution in [1.29, 1.82) is 0 Å². The number of hydrogen-bond acceptors (Lipinski definition) is 3. The maximum atomic E-state index is 12.8. The van der Waals surface area contributed by atoms with Crippen LogP contribution in [0.3, 0.4) is 0 Å². The van der Waals surface area contributed by atoms with Gasteiger partial charge in [0.15, 0.2) is 0 Å². The van der Waals surface area contributed by atoms with E-state index < -0.39 is 0 Å². The van der Waals surface area contributed by atoms with Crippen LogP contribution in [-0.4, -0.2) is 39.7 Å². The molecule has 1 aliphatic rings. The van der Waals surface area contributed by atoms with Crippen molar-refractivity contribution in [2.45, 2.75) is 52.4 Å². The number of nitrogens with zero attached hydrogens (tertiary/aromatic N) is 2. The molecule has 2 rings (SSSR count). The van der Waals surface area contributed by atoms with Crippen molar-refractivity contribution in [2.75, 3.05) is 18.8 Å². The van der Waals surface area contributed by atoms with Crippen LogP contribution >= 0.6 is 0 Å². The first kappa shape index (κ1) is 14.9. The van der Waals surface area contributed by atoms with Crippen molar-refractivity contribution in [3.8, 4) is 0 Å². The van der Waals surface area contributed by atoms with E-state index in [1.54, 1.807) is 6.07 Å². The molecule has 20 heavy (non-hydrogen) atoms. The van der Waals surface area contributed by atoms with Crippen molar-refractivity contribution in [3.63, 3.8) is 0 Å². The number of morpholine rings is 1. The number of anilines is 1. The van der Waals surface area contributed by atoms with E-state index in [1.165, 1.54) is 0 Å². The molecule has 2 N–H and O–H groups in total. The zero-order valence-corrected chi connectivity index (χ0v) is 13.1. The first-order valence-corrected chi connectivity index (χ1v) is 7.09. The standard InChI is InChI=1S/C15H25N3O2/c1-6-17-8-11(16)7-12(17)13(19)18-9-14(2,3)20-15(4,5)10-18/h7-8H,6,9-10,16H2,1-5H3. The van der Waals surface area contributed by atoms with E-state index in [9.17, 15) is 4.79 Å². The summed E-state index contributed by atoms with van der Waals surface area (Å²) in [6.07, 6.45) is 1.81. The van der Waals surface area contributed by atoms with E-state index in [4.69, 9.17) is 10.5 Å². The summed E-state index contributed by atoms with van der Waals surface area (Å²) in [5, 5.41) is 0. The summed E-state index contributed by atoms with van der Waals surface area (Å²) < 4.78 is 7.91. The van der Waals surface area contributed by atoms with E-state index >= 15 is 0 Å². The third-order valence-electron chi connectivity index (χ3n) is 3.46. The Morgan fingerprint density at radius 2 is 1.85 bits per heavy atom. The molecule has 5 heteroatoms. The molecule has 1 amide bonds. The molecule has 0 unspecified atom stereocenters. The molecule has 0 saturated carbocycles. The Labute approximate surface area is 120 Å². The maximum absolute atomic E-state index is 12.8. The van der Waals surface area contributed by atoms with Gasteiger partial charge in [0.05, 0.1) is 16.9 Å². The normalized spacial score (nSPS) is 20.9. The highest BCUT2D eigenvalue weighted by Crippen LogP contribution is 2.29. The molecular weight excluding hydrogens is 254 g/mol. The monoisotopic (exact) mass is 279 g/mol. The molecule has 0 aromatic carbocycles. The van der Waals surface area contributed by atoms with E-state index in [-0.39, 0.29) is 17.1 Å². The van der Waals surface area contributed by atoms with E-state index in [2.05, 4.69) is 0 Å². The second kappa shape index (κ2) is 4.81. The molecule has 0 aliphatic carbocycles. The molecule has 2 heterocycles. The Morgan fingerprint density at radius 1 is 1.30 bits per heavy atom. The van der Waals surface area contributed by atoms with Gasteiger partial charge in [0.2, 0.25) is 0 Å². The van der Waals surface area contributed by atoms with Crippen LogP contribution in [-0.2, 0) is 11.3 Å². The fourth-order valence-electron chi connectivity index (χ4n) is 3.07. The fourth-order valence-corrected chi connectivity index (χ4v) is 3.07. The van der Waals surface area contributed by atoms with Crippen molar-refractivity contribution >= 4 is 11.6 Å². The summed E-state index contributed by atoms with van der Waals surface area (Å²) in [5.41, 5.74) is 6.41. The largest absolute Gasteiger partial charge is 0.397 e. The van der Waals surface area contributed by atoms with Crippen LogP contribution in [0.1, 0.15) is 45.1 Å². The van der Waals surface area contributed by atoms with Crippen LogP contribution in [0.25, 0.3) is 0 Å². The third kappa shape index (κ3) is 2.98. The third-order valence-corrected chi connectivity index (χ3v) is 3.46. The molecule has 1 saturated heterocycles. The summed E-state index contributed by atoms with van der Waals surface area (Å²) >= 11 is 0. The van der Waals surface area contributed by atoms with Gasteiger partial charge < -0.3 is 19.9 Å². The zero-order chi connectivity index (χ0) is 15.1. The molecule has 1 aromatic heterocycles. The van der Waals surface area contributed by atoms with Crippen LogP contribution in [0.5, 0.6) is 0 Å². The summed E-state index contributed by atoms with van der Waals surface area (Å²) in [6, 6.07) is 1.75. The number of amides is 1. The Hall–Kier alpha value is -1.49. The van der Waals surface area contributed by atoms with Crippen molar-refractivity contribution < 1.29 is 9.53 Å². The lowest BCUT2D eigenvalue weighted by atomic mass is 9.98. The van der Waals surface area contributed by atoms with Gasteiger partial charge in [0, 0.05) is 25.8 Å². The number of nitrogen functional groups attached to an aromatic ring is 1. The van der Waals surface area contributed by atoms with Crippen LogP contribution in [0, 0.1) is 0 Å². The summed E-state index contributed by atoms with van der Waals surface area (Å²) in [5.74, 6) is 0.0213. The SMILES string of the molecule is CCn1cc(N)cc1C(=O)N1CC(C)(C)OC(C)(C)C1. The molecule has 0 bridgehead atoms. The summed E-state index contributed by atoms with van der Waals surface area (Å²) in [7, 11) is 0. The van der Waals surface area contributed by atoms with Gasteiger partial charge in [0.25, 0.3) is 5.91 Å². The average Bonchev–Trinajstić information content (AvgIpc) is 2.65. The Bertz CT molecular complexity index is 501. The van der Waals surface area contributed by atoms with E-state index in [1.807, 2.05) is 50.3 Å². The molecule has 1 aliphatic heterocycles. The van der Waals surface area contributed by atoms with Gasteiger partial charge in [-0.15, -0.1) is 0 Å². The predicted molar refractivity (Wildman–Crippen MR) is 79.7 cm³/mol. The highest BCUT2D eigenvalue weighted by atomic mass is 16.5. The van der Waals surface area contributed by atoms with E-state index in [0.717, 1.165) is 6.54 Å². The number of aryl methyl sites for hydroxylation is 1. The molecule has 5 nitrogen and oxygen atoms in total. The molecule has 1 fully saturated rings. The number of nitrogens with two attached hydrogens (primary N) is 1. The van der Waals surface area contributed by atoms with Gasteiger partial charge in [-0.2, -0.15) is 0 Å². The highest BCUT2D eigenvalue weighted by molar-refractivity contribution is 5.94. The van der Waals surface area contributed by atoms with Crippen LogP contribution in [0.2, 0.25) is 0 Å². The van der Waals surface area contributed by atoms with Crippen LogP contribution < -0.4 is 5.73 Å². The maximum Gasteiger partial charge on any atom is 0.270 e. The minimum Gasteiger partial charge on any atom is -0.397 e. The predicted octanol–water partition coefficient (Wildman–Crippen LogP) is 2.12. The average molecular weight is 279 g/mol. The first-order chi connectivity index (χ1) is 9.13. The number of ether oxygens (including phenoxy) is 1. The second-order valence-electron chi connectivity index (χ2n) is 6.73. The summed E-state index contributed by atoms with van der Waals surface area (Å²) in [4.78, 5) is 14.6. The van der Waals surface area contributed by atoms with Crippen molar-refractivity contribution in [3.05, 3.63) is 18.0 Å². The Kier molecular flexibility index (Phi) is 3.58. The Balaban J connectivity index is 2.28. The molecule has 112 valence electrons. The smallest absolute Gasteiger partial charge is 0.270 e. The van der Waals surface area contributed by atoms with Crippen molar-refractivity contribution in [1.82, 2.24) is 9.47 Å². The quantitative estimate of drug-likeness (QED) is 0.902. The number of hydrogen-bond donors (Lipinski definition) is 1. The minimum absolute atomic E-state index is 0.0213. The molecule has 1 aromatic rings. The van der Waals surface area contributed by atoms with Gasteiger partial charge >= 0.3 is 0 Å². The lowest BCUT2D eigenvalue weighted by Gasteiger charge is -2.47. The fraction of sp³-hybridized carbons (Fsp3) is 0.667. The van der Waals surface area contributed by atoms with Gasteiger partial charge in [-0.1, -0.05) is 0 Å². The number of aromatic nitrogens is 1. The number of carbonyl (C=O) groups excluding carboxylic acids is 1. The molecular formula is C15H25N3O2. The van der Waals surface area contributed by atoms with Gasteiger partial charge in [-0.25, -0.2) is 0 Å². The highest BCUT2D eigenvalue weighted by Gasteiger charge is 2.40. The topological polar surface area (TPSA) is 60.5 Å². The van der Waals surface area contributed by atoms with Crippen molar-refractivity contribution in [2.24, 2.45) is 0 Å². The second-order valence-corrected chi connectivity index (χ2v) is 6.73. The van der Waals surface area contributed by atoms with Crippen LogP contribution in [0.15, 0.2) is 12.3 Å². The lowest BCUT2D eigenvalue weighted by molar-refractivity contribution is -0.171. The van der Waals surface area contributed by atoms with Crippen LogP contribution in [0.4, 0.5) is 5.69 Å². The van der Waals surface area contributed by atoms with Gasteiger partial charge in [0.1, 0.15) is 5.69 Å². The summed E-state index contributed by atoms with van der Waals surface area (Å²) in [6.45, 7) is 12.0. The molecule has 0 spiro atoms. The number of carbonyl (C=O) groups is 1. The minimum atomic E-state index is -0.341. The Morgan fingerprint density at radius 3 is 2.35 bits per heavy atom. The molecule has 0 atom stereocenters. The van der Waals surface area contributed by atoms with Gasteiger partial charge in [-0.3, -0.25) is 4.79 Å². The first-order valence-electron chi connectivity index (χ1n) is 7.09. The lowest BCUT2D eigenvalue weighted by Crippen LogP contribution is -2.58.